The van der Waals surface area contributed by atoms with E-state index >= 15 is 0 Å². The van der Waals surface area contributed by atoms with Gasteiger partial charge in [0.05, 0.1) is 12.5 Å². The molecule has 7 aliphatic rings. The Labute approximate surface area is 316 Å². The predicted octanol–water partition coefficient (Wildman–Crippen LogP) is 14.3. The summed E-state index contributed by atoms with van der Waals surface area (Å²) in [6, 6.07) is 0. The molecule has 2 heteroatoms. The molecule has 0 heterocycles. The summed E-state index contributed by atoms with van der Waals surface area (Å²) in [7, 11) is 0. The maximum absolute atomic E-state index is 13.5. The smallest absolute Gasteiger partial charge is 0.309 e. The van der Waals surface area contributed by atoms with Gasteiger partial charge in [-0.3, -0.25) is 4.79 Å². The van der Waals surface area contributed by atoms with Gasteiger partial charge in [-0.25, -0.2) is 0 Å². The normalized spacial score (nSPS) is 40.3. The molecule has 0 spiro atoms. The van der Waals surface area contributed by atoms with Crippen molar-refractivity contribution in [3.63, 3.8) is 0 Å². The van der Waals surface area contributed by atoms with Crippen molar-refractivity contribution >= 4 is 5.97 Å². The Bertz CT molecular complexity index is 1060. The van der Waals surface area contributed by atoms with Crippen molar-refractivity contribution in [3.05, 3.63) is 12.2 Å². The number of unbranched alkanes of at least 4 members (excludes halogenated alkanes) is 12. The fourth-order valence-corrected chi connectivity index (χ4v) is 14.5. The third-order valence-corrected chi connectivity index (χ3v) is 17.2. The Hall–Kier alpha value is -0.790. The summed E-state index contributed by atoms with van der Waals surface area (Å²) >= 11 is 0. The Balaban J connectivity index is 0.776. The average molecular weight is 703 g/mol. The molecule has 13 atom stereocenters. The second kappa shape index (κ2) is 19.7. The molecule has 7 rings (SSSR count). The third kappa shape index (κ3) is 10.3. The van der Waals surface area contributed by atoms with Gasteiger partial charge in [0, 0.05) is 0 Å². The van der Waals surface area contributed by atoms with Crippen LogP contribution in [0.15, 0.2) is 12.2 Å². The minimum absolute atomic E-state index is 0.189. The van der Waals surface area contributed by atoms with Crippen LogP contribution in [0.3, 0.4) is 0 Å². The van der Waals surface area contributed by atoms with Crippen LogP contribution in [0.2, 0.25) is 0 Å². The number of ether oxygens (including phenoxy) is 1. The number of fused-ring (bicyclic) bond motifs is 6. The molecular weight excluding hydrogens is 621 g/mol. The molecule has 13 unspecified atom stereocenters. The number of hydrogen-bond acceptors (Lipinski definition) is 2. The number of rotatable bonds is 17. The minimum atomic E-state index is 0.189. The second-order valence-electron chi connectivity index (χ2n) is 20.3. The molecule has 0 saturated heterocycles. The molecule has 7 saturated carbocycles. The van der Waals surface area contributed by atoms with Crippen molar-refractivity contribution in [3.8, 4) is 0 Å². The van der Waals surface area contributed by atoms with Crippen LogP contribution in [0, 0.1) is 76.9 Å². The number of hydrogen-bond donors (Lipinski definition) is 0. The molecule has 290 valence electrons. The first-order valence-corrected chi connectivity index (χ1v) is 24.0. The van der Waals surface area contributed by atoms with Crippen molar-refractivity contribution < 1.29 is 9.53 Å². The van der Waals surface area contributed by atoms with E-state index in [1.807, 2.05) is 0 Å². The van der Waals surface area contributed by atoms with E-state index in [0.29, 0.717) is 12.5 Å². The largest absolute Gasteiger partial charge is 0.465 e. The highest BCUT2D eigenvalue weighted by molar-refractivity contribution is 5.73. The number of allylic oxidation sites excluding steroid dienone is 2. The summed E-state index contributed by atoms with van der Waals surface area (Å²) < 4.78 is 6.06. The van der Waals surface area contributed by atoms with Gasteiger partial charge in [0.25, 0.3) is 0 Å². The standard InChI is InChI=1S/C49H82O2/c1-2-3-4-5-6-7-8-9-10-11-12-13-14-15-16-19-25-51-49(50)47-24-20-23-38-28-41-31-44-32-42-29-39-26-36-21-17-18-22-37(36)27-40(39)30-43(42)33-45(44)34-46(41)35-48(38)47/h9-10,36-48H,2-8,11-35H2,1H3/b10-9-. The second-order valence-corrected chi connectivity index (χ2v) is 20.3. The van der Waals surface area contributed by atoms with Crippen LogP contribution >= 0.6 is 0 Å². The molecule has 7 aliphatic carbocycles. The first kappa shape index (κ1) is 38.5. The van der Waals surface area contributed by atoms with Gasteiger partial charge in [-0.2, -0.15) is 0 Å². The van der Waals surface area contributed by atoms with E-state index in [1.54, 1.807) is 57.8 Å². The van der Waals surface area contributed by atoms with Crippen molar-refractivity contribution in [2.24, 2.45) is 76.9 Å². The maximum Gasteiger partial charge on any atom is 0.309 e. The molecular formula is C49H82O2. The lowest BCUT2D eigenvalue weighted by Crippen LogP contribution is -2.48. The van der Waals surface area contributed by atoms with E-state index in [1.165, 1.54) is 128 Å². The van der Waals surface area contributed by atoms with Crippen LogP contribution in [0.4, 0.5) is 0 Å². The summed E-state index contributed by atoms with van der Waals surface area (Å²) in [6.07, 6.45) is 48.7. The Kier molecular flexibility index (Phi) is 14.9. The highest BCUT2D eigenvalue weighted by atomic mass is 16.5. The van der Waals surface area contributed by atoms with E-state index in [-0.39, 0.29) is 11.9 Å². The highest BCUT2D eigenvalue weighted by Gasteiger charge is 2.52. The summed E-state index contributed by atoms with van der Waals surface area (Å²) in [5.41, 5.74) is 0. The summed E-state index contributed by atoms with van der Waals surface area (Å²) in [6.45, 7) is 2.96. The van der Waals surface area contributed by atoms with E-state index in [2.05, 4.69) is 19.1 Å². The van der Waals surface area contributed by atoms with Crippen LogP contribution in [-0.4, -0.2) is 12.6 Å². The summed E-state index contributed by atoms with van der Waals surface area (Å²) in [5.74, 6) is 12.2. The van der Waals surface area contributed by atoms with E-state index < -0.39 is 0 Å². The number of esters is 1. The molecule has 0 aliphatic heterocycles. The topological polar surface area (TPSA) is 26.3 Å². The Morgan fingerprint density at radius 1 is 0.451 bits per heavy atom. The molecule has 0 aromatic carbocycles. The monoisotopic (exact) mass is 703 g/mol. The summed E-state index contributed by atoms with van der Waals surface area (Å²) in [5, 5.41) is 0. The van der Waals surface area contributed by atoms with Crippen LogP contribution in [0.25, 0.3) is 0 Å². The van der Waals surface area contributed by atoms with Crippen LogP contribution in [0.5, 0.6) is 0 Å². The lowest BCUT2D eigenvalue weighted by Gasteiger charge is -2.57. The first-order valence-electron chi connectivity index (χ1n) is 24.0. The van der Waals surface area contributed by atoms with Gasteiger partial charge in [-0.05, 0) is 174 Å². The van der Waals surface area contributed by atoms with Crippen LogP contribution in [0.1, 0.15) is 206 Å². The zero-order valence-electron chi connectivity index (χ0n) is 33.6. The van der Waals surface area contributed by atoms with Crippen molar-refractivity contribution in [2.75, 3.05) is 6.61 Å². The van der Waals surface area contributed by atoms with Gasteiger partial charge in [0.2, 0.25) is 0 Å². The Morgan fingerprint density at radius 3 is 1.39 bits per heavy atom. The SMILES string of the molecule is CCCCCCCC/C=C\CCCCCCCCOC(=O)C1CCCC2CC3CC4CC5CC6CC7CCCCC7CC6CC5CC4CC3CC21. The zero-order chi connectivity index (χ0) is 34.8. The number of carbonyl (C=O) groups excluding carboxylic acids is 1. The molecule has 0 bridgehead atoms. The lowest BCUT2D eigenvalue weighted by molar-refractivity contribution is -0.156. The van der Waals surface area contributed by atoms with Crippen LogP contribution < -0.4 is 0 Å². The minimum Gasteiger partial charge on any atom is -0.465 e. The van der Waals surface area contributed by atoms with Crippen molar-refractivity contribution in [1.82, 2.24) is 0 Å². The van der Waals surface area contributed by atoms with E-state index in [0.717, 1.165) is 77.9 Å². The number of carbonyl (C=O) groups is 1. The first-order chi connectivity index (χ1) is 25.2. The molecule has 51 heavy (non-hydrogen) atoms. The molecule has 0 aromatic heterocycles. The van der Waals surface area contributed by atoms with Gasteiger partial charge in [-0.1, -0.05) is 115 Å². The van der Waals surface area contributed by atoms with Crippen molar-refractivity contribution in [1.29, 1.82) is 0 Å². The van der Waals surface area contributed by atoms with E-state index in [9.17, 15) is 4.79 Å². The van der Waals surface area contributed by atoms with Gasteiger partial charge < -0.3 is 4.74 Å². The fraction of sp³-hybridized carbons (Fsp3) is 0.939. The Morgan fingerprint density at radius 2 is 0.863 bits per heavy atom. The third-order valence-electron chi connectivity index (χ3n) is 17.2. The van der Waals surface area contributed by atoms with Gasteiger partial charge >= 0.3 is 5.97 Å². The van der Waals surface area contributed by atoms with Crippen molar-refractivity contribution in [2.45, 2.75) is 206 Å². The maximum atomic E-state index is 13.5. The highest BCUT2D eigenvalue weighted by Crippen LogP contribution is 2.61. The molecule has 0 aromatic rings. The fourth-order valence-electron chi connectivity index (χ4n) is 14.5. The zero-order valence-corrected chi connectivity index (χ0v) is 33.6. The van der Waals surface area contributed by atoms with Gasteiger partial charge in [0.1, 0.15) is 0 Å². The average Bonchev–Trinajstić information content (AvgIpc) is 3.14. The molecule has 2 nitrogen and oxygen atoms in total. The molecule has 0 N–H and O–H groups in total. The predicted molar refractivity (Wildman–Crippen MR) is 214 cm³/mol. The van der Waals surface area contributed by atoms with Gasteiger partial charge in [0.15, 0.2) is 0 Å². The molecule has 0 radical (unpaired) electrons. The lowest BCUT2D eigenvalue weighted by atomic mass is 9.48. The van der Waals surface area contributed by atoms with E-state index in [4.69, 9.17) is 4.74 Å². The quantitative estimate of drug-likeness (QED) is 0.0857. The molecule has 0 amide bonds. The summed E-state index contributed by atoms with van der Waals surface area (Å²) in [4.78, 5) is 13.5. The van der Waals surface area contributed by atoms with Gasteiger partial charge in [-0.15, -0.1) is 0 Å². The molecule has 7 fully saturated rings. The van der Waals surface area contributed by atoms with Crippen LogP contribution in [-0.2, 0) is 9.53 Å².